The Bertz CT molecular complexity index is 1290. The van der Waals surface area contributed by atoms with Crippen molar-refractivity contribution in [2.75, 3.05) is 4.90 Å². The molecule has 4 amide bonds. The molecule has 4 rings (SSSR count). The lowest BCUT2D eigenvalue weighted by Gasteiger charge is -2.26. The molecule has 1 fully saturated rings. The number of hydrogen-bond donors (Lipinski definition) is 1. The number of benzene rings is 3. The Morgan fingerprint density at radius 1 is 0.970 bits per heavy atom. The van der Waals surface area contributed by atoms with Gasteiger partial charge in [-0.05, 0) is 48.5 Å². The van der Waals surface area contributed by atoms with Gasteiger partial charge >= 0.3 is 6.03 Å². The SMILES string of the molecule is O=C1NC(=O)N(c2ccc(F)cc2)C(=O)/C1=C/c1ccccc1OCc1ccc(Cl)cc1Cl. The number of para-hydroxylation sites is 1. The maximum absolute atomic E-state index is 13.3. The lowest BCUT2D eigenvalue weighted by Crippen LogP contribution is -2.54. The van der Waals surface area contributed by atoms with Gasteiger partial charge in [0.15, 0.2) is 0 Å². The lowest BCUT2D eigenvalue weighted by molar-refractivity contribution is -0.122. The molecule has 33 heavy (non-hydrogen) atoms. The topological polar surface area (TPSA) is 75.7 Å². The summed E-state index contributed by atoms with van der Waals surface area (Å²) in [7, 11) is 0. The number of imide groups is 2. The van der Waals surface area contributed by atoms with Crippen LogP contribution in [0, 0.1) is 5.82 Å². The molecule has 0 bridgehead atoms. The van der Waals surface area contributed by atoms with Gasteiger partial charge in [0.05, 0.1) is 5.69 Å². The molecule has 1 saturated heterocycles. The van der Waals surface area contributed by atoms with E-state index in [0.717, 1.165) is 17.0 Å². The number of carbonyl (C=O) groups excluding carboxylic acids is 3. The summed E-state index contributed by atoms with van der Waals surface area (Å²) in [5.74, 6) is -1.83. The second-order valence-corrected chi connectivity index (χ2v) is 7.84. The van der Waals surface area contributed by atoms with E-state index >= 15 is 0 Å². The number of hydrogen-bond acceptors (Lipinski definition) is 4. The number of carbonyl (C=O) groups is 3. The van der Waals surface area contributed by atoms with Crippen LogP contribution in [0.3, 0.4) is 0 Å². The fourth-order valence-electron chi connectivity index (χ4n) is 3.16. The summed E-state index contributed by atoms with van der Waals surface area (Å²) in [4.78, 5) is 38.5. The third-order valence-corrected chi connectivity index (χ3v) is 5.39. The molecule has 0 spiro atoms. The third-order valence-electron chi connectivity index (χ3n) is 4.80. The molecule has 0 atom stereocenters. The molecule has 0 radical (unpaired) electrons. The van der Waals surface area contributed by atoms with E-state index in [4.69, 9.17) is 27.9 Å². The summed E-state index contributed by atoms with van der Waals surface area (Å²) in [5.41, 5.74) is 0.983. The van der Waals surface area contributed by atoms with Gasteiger partial charge in [0, 0.05) is 21.2 Å². The largest absolute Gasteiger partial charge is 0.488 e. The highest BCUT2D eigenvalue weighted by molar-refractivity contribution is 6.39. The van der Waals surface area contributed by atoms with Crippen molar-refractivity contribution in [1.82, 2.24) is 5.32 Å². The van der Waals surface area contributed by atoms with Crippen molar-refractivity contribution in [2.24, 2.45) is 0 Å². The molecule has 1 aliphatic heterocycles. The number of amides is 4. The normalized spacial score (nSPS) is 15.1. The van der Waals surface area contributed by atoms with E-state index in [1.54, 1.807) is 42.5 Å². The minimum absolute atomic E-state index is 0.122. The highest BCUT2D eigenvalue weighted by atomic mass is 35.5. The molecular weight excluding hydrogens is 470 g/mol. The standard InChI is InChI=1S/C24H15Cl2FN2O4/c25-16-6-5-15(20(26)12-16)13-33-21-4-2-1-3-14(21)11-19-22(30)28-24(32)29(23(19)31)18-9-7-17(27)8-10-18/h1-12H,13H2,(H,28,30,32)/b19-11+. The molecule has 0 unspecified atom stereocenters. The van der Waals surface area contributed by atoms with Crippen LogP contribution in [0.15, 0.2) is 72.3 Å². The van der Waals surface area contributed by atoms with Gasteiger partial charge in [-0.15, -0.1) is 0 Å². The Morgan fingerprint density at radius 3 is 2.42 bits per heavy atom. The molecule has 3 aromatic rings. The van der Waals surface area contributed by atoms with Crippen LogP contribution < -0.4 is 15.0 Å². The van der Waals surface area contributed by atoms with Gasteiger partial charge in [-0.1, -0.05) is 47.5 Å². The van der Waals surface area contributed by atoms with Crippen LogP contribution >= 0.6 is 23.2 Å². The zero-order chi connectivity index (χ0) is 23.5. The third kappa shape index (κ3) is 4.89. The number of nitrogens with zero attached hydrogens (tertiary/aromatic N) is 1. The fraction of sp³-hybridized carbons (Fsp3) is 0.0417. The van der Waals surface area contributed by atoms with Crippen molar-refractivity contribution in [1.29, 1.82) is 0 Å². The Hall–Kier alpha value is -3.68. The quantitative estimate of drug-likeness (QED) is 0.389. The first-order valence-electron chi connectivity index (χ1n) is 9.66. The van der Waals surface area contributed by atoms with Gasteiger partial charge in [0.25, 0.3) is 11.8 Å². The molecule has 1 N–H and O–H groups in total. The van der Waals surface area contributed by atoms with Gasteiger partial charge in [0.2, 0.25) is 0 Å². The first-order chi connectivity index (χ1) is 15.8. The van der Waals surface area contributed by atoms with Crippen LogP contribution in [-0.2, 0) is 16.2 Å². The summed E-state index contributed by atoms with van der Waals surface area (Å²) in [6.07, 6.45) is 1.33. The zero-order valence-corrected chi connectivity index (χ0v) is 18.4. The van der Waals surface area contributed by atoms with Crippen molar-refractivity contribution in [3.8, 4) is 5.75 Å². The molecule has 0 aliphatic carbocycles. The maximum Gasteiger partial charge on any atom is 0.335 e. The van der Waals surface area contributed by atoms with E-state index in [2.05, 4.69) is 5.32 Å². The van der Waals surface area contributed by atoms with E-state index < -0.39 is 23.7 Å². The Balaban J connectivity index is 1.63. The Morgan fingerprint density at radius 2 is 1.70 bits per heavy atom. The van der Waals surface area contributed by atoms with E-state index in [0.29, 0.717) is 26.9 Å². The van der Waals surface area contributed by atoms with E-state index in [-0.39, 0.29) is 17.9 Å². The number of halogens is 3. The highest BCUT2D eigenvalue weighted by Gasteiger charge is 2.37. The summed E-state index contributed by atoms with van der Waals surface area (Å²) < 4.78 is 19.1. The average Bonchev–Trinajstić information content (AvgIpc) is 2.78. The minimum Gasteiger partial charge on any atom is -0.488 e. The Labute approximate surface area is 198 Å². The van der Waals surface area contributed by atoms with Crippen LogP contribution in [0.2, 0.25) is 10.0 Å². The van der Waals surface area contributed by atoms with Crippen LogP contribution in [0.25, 0.3) is 6.08 Å². The van der Waals surface area contributed by atoms with Gasteiger partial charge in [0.1, 0.15) is 23.7 Å². The number of rotatable bonds is 5. The molecule has 6 nitrogen and oxygen atoms in total. The van der Waals surface area contributed by atoms with Crippen molar-refractivity contribution in [2.45, 2.75) is 6.61 Å². The summed E-state index contributed by atoms with van der Waals surface area (Å²) in [5, 5.41) is 3.06. The summed E-state index contributed by atoms with van der Waals surface area (Å²) in [6, 6.07) is 15.6. The second kappa shape index (κ2) is 9.44. The first-order valence-corrected chi connectivity index (χ1v) is 10.4. The van der Waals surface area contributed by atoms with Crippen molar-refractivity contribution >= 4 is 52.8 Å². The van der Waals surface area contributed by atoms with Gasteiger partial charge < -0.3 is 4.74 Å². The zero-order valence-electron chi connectivity index (χ0n) is 16.8. The molecular formula is C24H15Cl2FN2O4. The maximum atomic E-state index is 13.3. The number of anilines is 1. The predicted octanol–water partition coefficient (Wildman–Crippen LogP) is 5.38. The highest BCUT2D eigenvalue weighted by Crippen LogP contribution is 2.27. The molecule has 1 aliphatic rings. The van der Waals surface area contributed by atoms with E-state index in [9.17, 15) is 18.8 Å². The fourth-order valence-corrected chi connectivity index (χ4v) is 3.63. The van der Waals surface area contributed by atoms with Gasteiger partial charge in [-0.3, -0.25) is 14.9 Å². The van der Waals surface area contributed by atoms with Crippen LogP contribution in [-0.4, -0.2) is 17.8 Å². The Kier molecular flexibility index (Phi) is 6.44. The molecule has 0 saturated carbocycles. The smallest absolute Gasteiger partial charge is 0.335 e. The monoisotopic (exact) mass is 484 g/mol. The van der Waals surface area contributed by atoms with E-state index in [1.165, 1.54) is 18.2 Å². The number of ether oxygens (including phenoxy) is 1. The van der Waals surface area contributed by atoms with Gasteiger partial charge in [-0.25, -0.2) is 14.1 Å². The number of nitrogens with one attached hydrogen (secondary N) is 1. The second-order valence-electron chi connectivity index (χ2n) is 7.00. The lowest BCUT2D eigenvalue weighted by atomic mass is 10.1. The van der Waals surface area contributed by atoms with Crippen LogP contribution in [0.4, 0.5) is 14.9 Å². The predicted molar refractivity (Wildman–Crippen MR) is 123 cm³/mol. The van der Waals surface area contributed by atoms with Crippen molar-refractivity contribution in [3.63, 3.8) is 0 Å². The number of barbiturate groups is 1. The van der Waals surface area contributed by atoms with Crippen LogP contribution in [0.1, 0.15) is 11.1 Å². The molecule has 1 heterocycles. The first kappa shape index (κ1) is 22.5. The van der Waals surface area contributed by atoms with Crippen LogP contribution in [0.5, 0.6) is 5.75 Å². The number of urea groups is 1. The molecule has 166 valence electrons. The summed E-state index contributed by atoms with van der Waals surface area (Å²) >= 11 is 12.1. The summed E-state index contributed by atoms with van der Waals surface area (Å²) in [6.45, 7) is 0.122. The molecule has 3 aromatic carbocycles. The van der Waals surface area contributed by atoms with Crippen molar-refractivity contribution in [3.05, 3.63) is 99.3 Å². The molecule has 9 heteroatoms. The van der Waals surface area contributed by atoms with E-state index in [1.807, 2.05) is 0 Å². The van der Waals surface area contributed by atoms with Crippen molar-refractivity contribution < 1.29 is 23.5 Å². The molecule has 0 aromatic heterocycles. The minimum atomic E-state index is -0.921. The average molecular weight is 485 g/mol. The van der Waals surface area contributed by atoms with Gasteiger partial charge in [-0.2, -0.15) is 0 Å².